The summed E-state index contributed by atoms with van der Waals surface area (Å²) in [5.41, 5.74) is 5.92. The van der Waals surface area contributed by atoms with Crippen LogP contribution in [0.25, 0.3) is 0 Å². The lowest BCUT2D eigenvalue weighted by molar-refractivity contribution is 0.0935. The van der Waals surface area contributed by atoms with Crippen LogP contribution in [0.15, 0.2) is 28.0 Å². The minimum Gasteiger partial charge on any atom is -0.464 e. The van der Waals surface area contributed by atoms with Gasteiger partial charge in [0.15, 0.2) is 0 Å². The molecule has 3 N–H and O–H groups in total. The van der Waals surface area contributed by atoms with Crippen molar-refractivity contribution < 1.29 is 9.21 Å². The van der Waals surface area contributed by atoms with E-state index in [0.29, 0.717) is 12.1 Å². The number of thiophene rings is 1. The minimum atomic E-state index is -0.172. The molecule has 0 saturated carbocycles. The highest BCUT2D eigenvalue weighted by molar-refractivity contribution is 7.10. The molecule has 0 fully saturated rings. The molecule has 4 nitrogen and oxygen atoms in total. The number of furan rings is 1. The summed E-state index contributed by atoms with van der Waals surface area (Å²) in [5, 5.41) is 4.68. The first-order chi connectivity index (χ1) is 9.60. The van der Waals surface area contributed by atoms with Crippen molar-refractivity contribution in [1.82, 2.24) is 5.32 Å². The normalized spacial score (nSPS) is 11.6. The average Bonchev–Trinajstić information content (AvgIpc) is 3.05. The average molecular weight is 288 g/mol. The molecule has 5 heteroatoms. The lowest BCUT2D eigenvalue weighted by Crippen LogP contribution is -2.25. The molecule has 2 aromatic rings. The van der Waals surface area contributed by atoms with E-state index in [2.05, 4.69) is 17.2 Å². The van der Waals surface area contributed by atoms with E-state index in [1.54, 1.807) is 11.4 Å². The summed E-state index contributed by atoms with van der Waals surface area (Å²) in [6.45, 7) is 4.07. The van der Waals surface area contributed by atoms with Crippen LogP contribution < -0.4 is 11.1 Å². The van der Waals surface area contributed by atoms with Gasteiger partial charge < -0.3 is 15.5 Å². The van der Waals surface area contributed by atoms with Crippen LogP contribution in [0.2, 0.25) is 0 Å². The van der Waals surface area contributed by atoms with Gasteiger partial charge in [-0.05, 0) is 32.0 Å². The topological polar surface area (TPSA) is 68.3 Å². The van der Waals surface area contributed by atoms with Crippen LogP contribution in [0.3, 0.4) is 0 Å². The zero-order chi connectivity index (χ0) is 14.5. The van der Waals surface area contributed by atoms with Crippen LogP contribution in [0, 0.1) is 18.8 Å². The molecule has 2 aromatic heterocycles. The molecule has 0 spiro atoms. The molecule has 1 atom stereocenters. The molecule has 20 heavy (non-hydrogen) atoms. The molecule has 0 radical (unpaired) electrons. The van der Waals surface area contributed by atoms with E-state index in [0.717, 1.165) is 16.4 Å². The molecule has 0 aromatic carbocycles. The third-order valence-corrected chi connectivity index (χ3v) is 3.56. The Morgan fingerprint density at radius 1 is 1.55 bits per heavy atom. The van der Waals surface area contributed by atoms with Gasteiger partial charge in [-0.25, -0.2) is 0 Å². The van der Waals surface area contributed by atoms with Gasteiger partial charge in [0.25, 0.3) is 5.91 Å². The highest BCUT2D eigenvalue weighted by atomic mass is 32.1. The van der Waals surface area contributed by atoms with Gasteiger partial charge >= 0.3 is 0 Å². The van der Waals surface area contributed by atoms with Gasteiger partial charge in [0.2, 0.25) is 0 Å². The van der Waals surface area contributed by atoms with Crippen molar-refractivity contribution in [3.63, 3.8) is 0 Å². The Morgan fingerprint density at radius 2 is 2.35 bits per heavy atom. The zero-order valence-electron chi connectivity index (χ0n) is 11.4. The quantitative estimate of drug-likeness (QED) is 0.852. The van der Waals surface area contributed by atoms with Crippen LogP contribution in [0.4, 0.5) is 0 Å². The minimum absolute atomic E-state index is 0.136. The third-order valence-electron chi connectivity index (χ3n) is 2.71. The molecule has 0 aliphatic heterocycles. The lowest BCUT2D eigenvalue weighted by atomic mass is 10.2. The molecule has 0 bridgehead atoms. The van der Waals surface area contributed by atoms with Gasteiger partial charge in [-0.15, -0.1) is 11.3 Å². The number of nitrogens with one attached hydrogen (secondary N) is 1. The molecular weight excluding hydrogens is 272 g/mol. The van der Waals surface area contributed by atoms with E-state index < -0.39 is 0 Å². The van der Waals surface area contributed by atoms with Crippen molar-refractivity contribution in [2.75, 3.05) is 6.54 Å². The van der Waals surface area contributed by atoms with Gasteiger partial charge in [0.05, 0.1) is 23.0 Å². The molecule has 1 amide bonds. The standard InChI is InChI=1S/C15H16N2O2S/c1-10-5-6-14(19-10)11(2)17-15(18)12-8-13(20-9-12)4-3-7-16/h5-6,8-9,11H,7,16H2,1-2H3,(H,17,18). The summed E-state index contributed by atoms with van der Waals surface area (Å²) in [6.07, 6.45) is 0. The number of rotatable bonds is 3. The SMILES string of the molecule is Cc1ccc(C(C)NC(=O)c2csc(C#CCN)c2)o1. The van der Waals surface area contributed by atoms with E-state index in [1.165, 1.54) is 11.3 Å². The molecule has 0 aliphatic carbocycles. The Morgan fingerprint density at radius 3 is 3.00 bits per heavy atom. The van der Waals surface area contributed by atoms with Crippen molar-refractivity contribution in [3.8, 4) is 11.8 Å². The Bertz CT molecular complexity index is 661. The maximum Gasteiger partial charge on any atom is 0.252 e. The van der Waals surface area contributed by atoms with Crippen molar-refractivity contribution in [2.24, 2.45) is 5.73 Å². The predicted molar refractivity (Wildman–Crippen MR) is 79.6 cm³/mol. The molecule has 2 rings (SSSR count). The van der Waals surface area contributed by atoms with Gasteiger partial charge in [-0.2, -0.15) is 0 Å². The van der Waals surface area contributed by atoms with Crippen LogP contribution >= 0.6 is 11.3 Å². The van der Waals surface area contributed by atoms with Crippen LogP contribution in [-0.4, -0.2) is 12.5 Å². The first-order valence-corrected chi connectivity index (χ1v) is 7.13. The van der Waals surface area contributed by atoms with Gasteiger partial charge in [-0.1, -0.05) is 11.8 Å². The monoisotopic (exact) mass is 288 g/mol. The van der Waals surface area contributed by atoms with Crippen LogP contribution in [0.1, 0.15) is 39.7 Å². The molecule has 1 unspecified atom stereocenters. The van der Waals surface area contributed by atoms with E-state index in [4.69, 9.17) is 10.2 Å². The summed E-state index contributed by atoms with van der Waals surface area (Å²) < 4.78 is 5.49. The Kier molecular flexibility index (Phi) is 4.61. The summed E-state index contributed by atoms with van der Waals surface area (Å²) in [5.74, 6) is 7.12. The number of carbonyl (C=O) groups is 1. The number of aryl methyl sites for hydroxylation is 1. The molecule has 2 heterocycles. The van der Waals surface area contributed by atoms with E-state index in [9.17, 15) is 4.79 Å². The fourth-order valence-corrected chi connectivity index (χ4v) is 2.45. The fourth-order valence-electron chi connectivity index (χ4n) is 1.70. The highest BCUT2D eigenvalue weighted by Crippen LogP contribution is 2.18. The van der Waals surface area contributed by atoms with E-state index in [-0.39, 0.29) is 11.9 Å². The van der Waals surface area contributed by atoms with Gasteiger partial charge in [-0.3, -0.25) is 4.79 Å². The van der Waals surface area contributed by atoms with Crippen molar-refractivity contribution in [3.05, 3.63) is 45.5 Å². The van der Waals surface area contributed by atoms with Crippen molar-refractivity contribution in [2.45, 2.75) is 19.9 Å². The van der Waals surface area contributed by atoms with Crippen LogP contribution in [0.5, 0.6) is 0 Å². The number of hydrogen-bond acceptors (Lipinski definition) is 4. The maximum atomic E-state index is 12.1. The van der Waals surface area contributed by atoms with Crippen LogP contribution in [-0.2, 0) is 0 Å². The second-order valence-corrected chi connectivity index (χ2v) is 5.26. The second kappa shape index (κ2) is 6.42. The van der Waals surface area contributed by atoms with Gasteiger partial charge in [0.1, 0.15) is 11.5 Å². The Labute approximate surface area is 122 Å². The Hall–Kier alpha value is -2.03. The van der Waals surface area contributed by atoms with Crippen molar-refractivity contribution in [1.29, 1.82) is 0 Å². The zero-order valence-corrected chi connectivity index (χ0v) is 12.2. The molecular formula is C15H16N2O2S. The third kappa shape index (κ3) is 3.50. The first-order valence-electron chi connectivity index (χ1n) is 6.25. The molecule has 0 aliphatic rings. The molecule has 0 saturated heterocycles. The van der Waals surface area contributed by atoms with E-state index >= 15 is 0 Å². The maximum absolute atomic E-state index is 12.1. The predicted octanol–water partition coefficient (Wildman–Crippen LogP) is 2.45. The summed E-state index contributed by atoms with van der Waals surface area (Å²) in [4.78, 5) is 12.9. The highest BCUT2D eigenvalue weighted by Gasteiger charge is 2.15. The number of nitrogens with two attached hydrogens (primary N) is 1. The number of carbonyl (C=O) groups excluding carboxylic acids is 1. The smallest absolute Gasteiger partial charge is 0.252 e. The summed E-state index contributed by atoms with van der Waals surface area (Å²) in [7, 11) is 0. The van der Waals surface area contributed by atoms with E-state index in [1.807, 2.05) is 26.0 Å². The summed E-state index contributed by atoms with van der Waals surface area (Å²) >= 11 is 1.43. The second-order valence-electron chi connectivity index (χ2n) is 4.35. The summed E-state index contributed by atoms with van der Waals surface area (Å²) in [6, 6.07) is 5.34. The number of hydrogen-bond donors (Lipinski definition) is 2. The lowest BCUT2D eigenvalue weighted by Gasteiger charge is -2.10. The number of amides is 1. The van der Waals surface area contributed by atoms with Crippen molar-refractivity contribution >= 4 is 17.2 Å². The fraction of sp³-hybridized carbons (Fsp3) is 0.267. The van der Waals surface area contributed by atoms with Gasteiger partial charge in [0, 0.05) is 5.38 Å². The largest absolute Gasteiger partial charge is 0.464 e. The first kappa shape index (κ1) is 14.4. The Balaban J connectivity index is 2.02. The molecule has 104 valence electrons.